The molecule has 36 heavy (non-hydrogen) atoms. The van der Waals surface area contributed by atoms with Gasteiger partial charge in [0.2, 0.25) is 0 Å². The van der Waals surface area contributed by atoms with E-state index in [0.717, 1.165) is 4.90 Å². The number of imide groups is 1. The molecule has 9 nitrogen and oxygen atoms in total. The zero-order valence-electron chi connectivity index (χ0n) is 18.9. The SMILES string of the molecule is COc1cc(/C=C2/NC(=O)N(Cc3ccccc3F)C2=O)c(Br)cc1OCc1cccc([N+](=O)[O-])c1. The summed E-state index contributed by atoms with van der Waals surface area (Å²) in [7, 11) is 1.44. The minimum atomic E-state index is -0.658. The molecule has 1 aliphatic rings. The van der Waals surface area contributed by atoms with Crippen LogP contribution in [-0.4, -0.2) is 28.9 Å². The number of hydrogen-bond acceptors (Lipinski definition) is 6. The summed E-state index contributed by atoms with van der Waals surface area (Å²) in [6, 6.07) is 14.6. The number of nitrogens with zero attached hydrogens (tertiary/aromatic N) is 2. The van der Waals surface area contributed by atoms with Crippen LogP contribution in [0.5, 0.6) is 11.5 Å². The number of halogens is 2. The molecule has 0 saturated carbocycles. The van der Waals surface area contributed by atoms with E-state index in [4.69, 9.17) is 9.47 Å². The Morgan fingerprint density at radius 1 is 1.11 bits per heavy atom. The van der Waals surface area contributed by atoms with Gasteiger partial charge in [0.1, 0.15) is 18.1 Å². The van der Waals surface area contributed by atoms with Crippen LogP contribution in [0.25, 0.3) is 6.08 Å². The van der Waals surface area contributed by atoms with E-state index >= 15 is 0 Å². The molecule has 1 saturated heterocycles. The summed E-state index contributed by atoms with van der Waals surface area (Å²) in [5.74, 6) is -0.403. The number of nitrogens with one attached hydrogen (secondary N) is 1. The number of benzene rings is 3. The number of hydrogen-bond donors (Lipinski definition) is 1. The lowest BCUT2D eigenvalue weighted by atomic mass is 10.1. The molecule has 3 amide bonds. The van der Waals surface area contributed by atoms with Crippen molar-refractivity contribution in [1.82, 2.24) is 10.2 Å². The molecule has 0 spiro atoms. The zero-order chi connectivity index (χ0) is 25.8. The maximum absolute atomic E-state index is 14.0. The van der Waals surface area contributed by atoms with Gasteiger partial charge >= 0.3 is 6.03 Å². The minimum Gasteiger partial charge on any atom is -0.493 e. The van der Waals surface area contributed by atoms with Crippen LogP contribution in [0.3, 0.4) is 0 Å². The maximum Gasteiger partial charge on any atom is 0.329 e. The lowest BCUT2D eigenvalue weighted by molar-refractivity contribution is -0.384. The van der Waals surface area contributed by atoms with E-state index in [-0.39, 0.29) is 30.1 Å². The van der Waals surface area contributed by atoms with Crippen molar-refractivity contribution in [2.24, 2.45) is 0 Å². The van der Waals surface area contributed by atoms with E-state index in [1.807, 2.05) is 0 Å². The van der Waals surface area contributed by atoms with Crippen LogP contribution in [0, 0.1) is 15.9 Å². The summed E-state index contributed by atoms with van der Waals surface area (Å²) in [4.78, 5) is 36.6. The number of nitro benzene ring substituents is 1. The Morgan fingerprint density at radius 3 is 2.61 bits per heavy atom. The highest BCUT2D eigenvalue weighted by Gasteiger charge is 2.34. The summed E-state index contributed by atoms with van der Waals surface area (Å²) >= 11 is 3.43. The van der Waals surface area contributed by atoms with E-state index in [1.54, 1.807) is 30.3 Å². The molecule has 1 fully saturated rings. The predicted octanol–water partition coefficient (Wildman–Crippen LogP) is 5.18. The Balaban J connectivity index is 1.53. The Bertz CT molecular complexity index is 1390. The molecule has 11 heteroatoms. The molecule has 1 N–H and O–H groups in total. The Labute approximate surface area is 213 Å². The Hall–Kier alpha value is -4.25. The fourth-order valence-electron chi connectivity index (χ4n) is 3.52. The first-order chi connectivity index (χ1) is 17.3. The molecule has 0 aliphatic carbocycles. The van der Waals surface area contributed by atoms with Crippen LogP contribution < -0.4 is 14.8 Å². The lowest BCUT2D eigenvalue weighted by Gasteiger charge is -2.13. The van der Waals surface area contributed by atoms with Crippen LogP contribution >= 0.6 is 15.9 Å². The monoisotopic (exact) mass is 555 g/mol. The summed E-state index contributed by atoms with van der Waals surface area (Å²) in [6.07, 6.45) is 1.47. The average Bonchev–Trinajstić information content (AvgIpc) is 3.12. The molecule has 184 valence electrons. The van der Waals surface area contributed by atoms with E-state index in [2.05, 4.69) is 21.2 Å². The molecule has 0 radical (unpaired) electrons. The fourth-order valence-corrected chi connectivity index (χ4v) is 3.96. The number of carbonyl (C=O) groups is 2. The number of urea groups is 1. The predicted molar refractivity (Wildman–Crippen MR) is 132 cm³/mol. The van der Waals surface area contributed by atoms with E-state index in [1.165, 1.54) is 43.5 Å². The third-order valence-corrected chi connectivity index (χ3v) is 6.03. The van der Waals surface area contributed by atoms with Gasteiger partial charge in [0.05, 0.1) is 18.6 Å². The van der Waals surface area contributed by atoms with Gasteiger partial charge in [-0.2, -0.15) is 0 Å². The van der Waals surface area contributed by atoms with Gasteiger partial charge in [-0.3, -0.25) is 19.8 Å². The number of non-ortho nitro benzene ring substituents is 1. The smallest absolute Gasteiger partial charge is 0.329 e. The fraction of sp³-hybridized carbons (Fsp3) is 0.120. The second kappa shape index (κ2) is 10.6. The van der Waals surface area contributed by atoms with Gasteiger partial charge in [-0.1, -0.05) is 46.3 Å². The number of nitro groups is 1. The first-order valence-electron chi connectivity index (χ1n) is 10.6. The molecule has 1 heterocycles. The van der Waals surface area contributed by atoms with Crippen molar-refractivity contribution < 1.29 is 28.4 Å². The normalized spacial score (nSPS) is 14.2. The molecular weight excluding hydrogens is 537 g/mol. The quantitative estimate of drug-likeness (QED) is 0.177. The van der Waals surface area contributed by atoms with Gasteiger partial charge in [-0.25, -0.2) is 9.18 Å². The average molecular weight is 556 g/mol. The van der Waals surface area contributed by atoms with Crippen molar-refractivity contribution in [3.05, 3.63) is 103 Å². The van der Waals surface area contributed by atoms with Crippen LogP contribution in [0.1, 0.15) is 16.7 Å². The van der Waals surface area contributed by atoms with Crippen molar-refractivity contribution in [3.63, 3.8) is 0 Å². The van der Waals surface area contributed by atoms with Crippen LogP contribution in [0.2, 0.25) is 0 Å². The van der Waals surface area contributed by atoms with Crippen LogP contribution in [-0.2, 0) is 17.9 Å². The summed E-state index contributed by atoms with van der Waals surface area (Å²) in [5, 5.41) is 13.5. The summed E-state index contributed by atoms with van der Waals surface area (Å²) in [6.45, 7) is -0.145. The number of methoxy groups -OCH3 is 1. The molecule has 0 unspecified atom stereocenters. The van der Waals surface area contributed by atoms with Crippen molar-refractivity contribution in [3.8, 4) is 11.5 Å². The molecule has 0 atom stereocenters. The van der Waals surface area contributed by atoms with Crippen LogP contribution in [0.4, 0.5) is 14.9 Å². The summed E-state index contributed by atoms with van der Waals surface area (Å²) < 4.78 is 25.8. The highest BCUT2D eigenvalue weighted by molar-refractivity contribution is 9.10. The first-order valence-corrected chi connectivity index (χ1v) is 11.4. The second-order valence-corrected chi connectivity index (χ2v) is 8.57. The van der Waals surface area contributed by atoms with E-state index < -0.39 is 22.7 Å². The molecular formula is C25H19BrFN3O6. The molecule has 4 rings (SSSR count). The third kappa shape index (κ3) is 5.36. The van der Waals surface area contributed by atoms with Gasteiger partial charge in [0.25, 0.3) is 11.6 Å². The van der Waals surface area contributed by atoms with Crippen molar-refractivity contribution in [2.75, 3.05) is 7.11 Å². The Morgan fingerprint density at radius 2 is 1.89 bits per heavy atom. The van der Waals surface area contributed by atoms with Crippen molar-refractivity contribution >= 4 is 39.6 Å². The molecule has 3 aromatic rings. The zero-order valence-corrected chi connectivity index (χ0v) is 20.5. The topological polar surface area (TPSA) is 111 Å². The third-order valence-electron chi connectivity index (χ3n) is 5.35. The minimum absolute atomic E-state index is 0.0179. The van der Waals surface area contributed by atoms with Gasteiger partial charge < -0.3 is 14.8 Å². The maximum atomic E-state index is 14.0. The standard InChI is InChI=1S/C25H19BrFN3O6/c1-35-22-11-17(19(26)12-23(22)36-14-15-5-4-7-18(9-15)30(33)34)10-21-24(31)29(25(32)28-21)13-16-6-2-3-8-20(16)27/h2-12H,13-14H2,1H3,(H,28,32)/b21-10+. The van der Waals surface area contributed by atoms with Gasteiger partial charge in [-0.05, 0) is 35.4 Å². The first kappa shape index (κ1) is 24.9. The van der Waals surface area contributed by atoms with Gasteiger partial charge in [0, 0.05) is 22.2 Å². The Kier molecular flexibility index (Phi) is 7.30. The van der Waals surface area contributed by atoms with Crippen molar-refractivity contribution in [2.45, 2.75) is 13.2 Å². The van der Waals surface area contributed by atoms with Crippen LogP contribution in [0.15, 0.2) is 70.8 Å². The molecule has 0 bridgehead atoms. The number of amides is 3. The second-order valence-electron chi connectivity index (χ2n) is 7.71. The van der Waals surface area contributed by atoms with Crippen molar-refractivity contribution in [1.29, 1.82) is 0 Å². The highest BCUT2D eigenvalue weighted by Crippen LogP contribution is 2.35. The molecule has 0 aromatic heterocycles. The molecule has 1 aliphatic heterocycles. The lowest BCUT2D eigenvalue weighted by Crippen LogP contribution is -2.30. The number of ether oxygens (including phenoxy) is 2. The number of carbonyl (C=O) groups excluding carboxylic acids is 2. The molecule has 3 aromatic carbocycles. The highest BCUT2D eigenvalue weighted by atomic mass is 79.9. The van der Waals surface area contributed by atoms with Gasteiger partial charge in [-0.15, -0.1) is 0 Å². The largest absolute Gasteiger partial charge is 0.493 e. The van der Waals surface area contributed by atoms with E-state index in [9.17, 15) is 24.1 Å². The van der Waals surface area contributed by atoms with E-state index in [0.29, 0.717) is 27.1 Å². The summed E-state index contributed by atoms with van der Waals surface area (Å²) in [5.41, 5.74) is 1.31. The number of rotatable bonds is 8. The van der Waals surface area contributed by atoms with Gasteiger partial charge in [0.15, 0.2) is 11.5 Å².